The summed E-state index contributed by atoms with van der Waals surface area (Å²) in [5.74, 6) is -1.34. The summed E-state index contributed by atoms with van der Waals surface area (Å²) in [5, 5.41) is 8.89. The highest BCUT2D eigenvalue weighted by atomic mass is 19.3. The number of aliphatic carboxylic acids is 1. The summed E-state index contributed by atoms with van der Waals surface area (Å²) in [6, 6.07) is 5.01. The molecule has 0 radical (unpaired) electrons. The second kappa shape index (κ2) is 7.06. The summed E-state index contributed by atoms with van der Waals surface area (Å²) in [6.45, 7) is 1.34. The first-order chi connectivity index (χ1) is 10.1. The molecule has 0 atom stereocenters. The Kier molecular flexibility index (Phi) is 5.67. The number of amides is 1. The largest absolute Gasteiger partial charge is 0.480 e. The van der Waals surface area contributed by atoms with E-state index in [-0.39, 0.29) is 11.4 Å². The fourth-order valence-electron chi connectivity index (χ4n) is 1.52. The average Bonchev–Trinajstić information content (AvgIpc) is 2.34. The van der Waals surface area contributed by atoms with E-state index in [0.717, 1.165) is 4.90 Å². The second-order valence-electron chi connectivity index (χ2n) is 5.33. The number of carboxylic acids is 1. The van der Waals surface area contributed by atoms with Crippen molar-refractivity contribution in [1.29, 1.82) is 0 Å². The van der Waals surface area contributed by atoms with Gasteiger partial charge in [-0.1, -0.05) is 0 Å². The number of nitrogens with zero attached hydrogens (tertiary/aromatic N) is 1. The molecule has 0 aliphatic carbocycles. The third-order valence-corrected chi connectivity index (χ3v) is 2.28. The van der Waals surface area contributed by atoms with Crippen molar-refractivity contribution in [2.24, 2.45) is 0 Å². The number of benzene rings is 1. The molecule has 0 saturated carbocycles. The lowest BCUT2D eigenvalue weighted by atomic mass is 10.2. The minimum absolute atomic E-state index is 0.0989. The number of rotatable bonds is 5. The van der Waals surface area contributed by atoms with E-state index in [1.54, 1.807) is 20.8 Å². The summed E-state index contributed by atoms with van der Waals surface area (Å²) in [7, 11) is 0. The SMILES string of the molecule is CC(C)(C)OC(=O)N(CC(=O)O)c1ccc(OC(F)F)cc1. The van der Waals surface area contributed by atoms with Crippen LogP contribution in [0.1, 0.15) is 20.8 Å². The Bertz CT molecular complexity index is 525. The zero-order chi connectivity index (χ0) is 16.9. The number of ether oxygens (including phenoxy) is 2. The molecule has 0 saturated heterocycles. The lowest BCUT2D eigenvalue weighted by Gasteiger charge is -2.26. The molecule has 0 heterocycles. The van der Waals surface area contributed by atoms with E-state index >= 15 is 0 Å². The van der Waals surface area contributed by atoms with Crippen molar-refractivity contribution >= 4 is 17.7 Å². The highest BCUT2D eigenvalue weighted by Gasteiger charge is 2.25. The van der Waals surface area contributed by atoms with Crippen LogP contribution in [-0.2, 0) is 9.53 Å². The van der Waals surface area contributed by atoms with E-state index in [1.807, 2.05) is 0 Å². The van der Waals surface area contributed by atoms with Crippen LogP contribution in [0.5, 0.6) is 5.75 Å². The van der Waals surface area contributed by atoms with E-state index in [4.69, 9.17) is 9.84 Å². The summed E-state index contributed by atoms with van der Waals surface area (Å²) in [6.07, 6.45) is -0.850. The number of carbonyl (C=O) groups is 2. The van der Waals surface area contributed by atoms with Crippen LogP contribution < -0.4 is 9.64 Å². The summed E-state index contributed by atoms with van der Waals surface area (Å²) in [4.78, 5) is 23.8. The quantitative estimate of drug-likeness (QED) is 0.903. The van der Waals surface area contributed by atoms with E-state index < -0.39 is 30.8 Å². The molecule has 0 spiro atoms. The van der Waals surface area contributed by atoms with Gasteiger partial charge in [0.2, 0.25) is 0 Å². The van der Waals surface area contributed by atoms with Crippen LogP contribution in [-0.4, -0.2) is 35.9 Å². The number of carboxylic acid groups (broad SMARTS) is 1. The van der Waals surface area contributed by atoms with Crippen molar-refractivity contribution in [2.45, 2.75) is 33.0 Å². The Labute approximate surface area is 126 Å². The normalized spacial score (nSPS) is 11.2. The van der Waals surface area contributed by atoms with Crippen molar-refractivity contribution in [3.05, 3.63) is 24.3 Å². The Hall–Kier alpha value is -2.38. The molecule has 1 rings (SSSR count). The van der Waals surface area contributed by atoms with Crippen LogP contribution in [0.2, 0.25) is 0 Å². The first kappa shape index (κ1) is 17.7. The van der Waals surface area contributed by atoms with Gasteiger partial charge in [0, 0.05) is 5.69 Å². The van der Waals surface area contributed by atoms with Crippen molar-refractivity contribution < 1.29 is 33.0 Å². The molecular weight excluding hydrogens is 300 g/mol. The zero-order valence-electron chi connectivity index (χ0n) is 12.4. The topological polar surface area (TPSA) is 76.1 Å². The van der Waals surface area contributed by atoms with Gasteiger partial charge in [0.05, 0.1) is 0 Å². The molecule has 1 N–H and O–H groups in total. The molecule has 1 aromatic rings. The average molecular weight is 317 g/mol. The van der Waals surface area contributed by atoms with Gasteiger partial charge in [-0.25, -0.2) is 4.79 Å². The maximum absolute atomic E-state index is 12.1. The summed E-state index contributed by atoms with van der Waals surface area (Å²) in [5.41, 5.74) is -0.606. The Morgan fingerprint density at radius 1 is 1.23 bits per heavy atom. The molecule has 22 heavy (non-hydrogen) atoms. The maximum atomic E-state index is 12.1. The van der Waals surface area contributed by atoms with Crippen molar-refractivity contribution in [1.82, 2.24) is 0 Å². The van der Waals surface area contributed by atoms with Crippen LogP contribution in [0.15, 0.2) is 24.3 Å². The third kappa shape index (κ3) is 5.94. The molecule has 8 heteroatoms. The predicted molar refractivity (Wildman–Crippen MR) is 74.3 cm³/mol. The third-order valence-electron chi connectivity index (χ3n) is 2.28. The molecule has 1 amide bonds. The first-order valence-corrected chi connectivity index (χ1v) is 6.35. The van der Waals surface area contributed by atoms with Gasteiger partial charge in [-0.15, -0.1) is 0 Å². The van der Waals surface area contributed by atoms with Gasteiger partial charge in [0.25, 0.3) is 0 Å². The molecule has 0 fully saturated rings. The van der Waals surface area contributed by atoms with Crippen molar-refractivity contribution in [2.75, 3.05) is 11.4 Å². The number of hydrogen-bond donors (Lipinski definition) is 1. The molecule has 0 aromatic heterocycles. The number of hydrogen-bond acceptors (Lipinski definition) is 4. The van der Waals surface area contributed by atoms with Gasteiger partial charge in [-0.05, 0) is 45.0 Å². The van der Waals surface area contributed by atoms with Gasteiger partial charge in [0.15, 0.2) is 0 Å². The molecule has 0 aliphatic heterocycles. The highest BCUT2D eigenvalue weighted by Crippen LogP contribution is 2.22. The fourth-order valence-corrected chi connectivity index (χ4v) is 1.52. The minimum Gasteiger partial charge on any atom is -0.480 e. The van der Waals surface area contributed by atoms with Gasteiger partial charge in [-0.3, -0.25) is 9.69 Å². The maximum Gasteiger partial charge on any atom is 0.415 e. The Morgan fingerprint density at radius 2 is 1.77 bits per heavy atom. The van der Waals surface area contributed by atoms with Crippen LogP contribution in [0, 0.1) is 0 Å². The smallest absolute Gasteiger partial charge is 0.415 e. The number of anilines is 1. The molecule has 0 bridgehead atoms. The summed E-state index contributed by atoms with van der Waals surface area (Å²) < 4.78 is 33.5. The number of halogens is 2. The van der Waals surface area contributed by atoms with Gasteiger partial charge >= 0.3 is 18.7 Å². The van der Waals surface area contributed by atoms with Crippen molar-refractivity contribution in [3.63, 3.8) is 0 Å². The van der Waals surface area contributed by atoms with Gasteiger partial charge in [-0.2, -0.15) is 8.78 Å². The van der Waals surface area contributed by atoms with E-state index in [0.29, 0.717) is 0 Å². The van der Waals surface area contributed by atoms with Crippen LogP contribution >= 0.6 is 0 Å². The zero-order valence-corrected chi connectivity index (χ0v) is 12.4. The monoisotopic (exact) mass is 317 g/mol. The van der Waals surface area contributed by atoms with Gasteiger partial charge < -0.3 is 14.6 Å². The molecular formula is C14H17F2NO5. The minimum atomic E-state index is -2.97. The summed E-state index contributed by atoms with van der Waals surface area (Å²) >= 11 is 0. The molecule has 0 aliphatic rings. The lowest BCUT2D eigenvalue weighted by molar-refractivity contribution is -0.135. The Balaban J connectivity index is 2.96. The van der Waals surface area contributed by atoms with E-state index in [9.17, 15) is 18.4 Å². The van der Waals surface area contributed by atoms with Gasteiger partial charge in [0.1, 0.15) is 17.9 Å². The Morgan fingerprint density at radius 3 is 2.18 bits per heavy atom. The van der Waals surface area contributed by atoms with E-state index in [1.165, 1.54) is 24.3 Å². The predicted octanol–water partition coefficient (Wildman–Crippen LogP) is 3.11. The molecule has 1 aromatic carbocycles. The standard InChI is InChI=1S/C14H17F2NO5/c1-14(2,3)22-13(20)17(8-11(18)19)9-4-6-10(7-5-9)21-12(15)16/h4-7,12H,8H2,1-3H3,(H,18,19). The number of carbonyl (C=O) groups excluding carboxylic acids is 1. The van der Waals surface area contributed by atoms with Crippen molar-refractivity contribution in [3.8, 4) is 5.75 Å². The molecule has 122 valence electrons. The first-order valence-electron chi connectivity index (χ1n) is 6.35. The second-order valence-corrected chi connectivity index (χ2v) is 5.33. The molecule has 6 nitrogen and oxygen atoms in total. The van der Waals surface area contributed by atoms with Crippen LogP contribution in [0.3, 0.4) is 0 Å². The fraction of sp³-hybridized carbons (Fsp3) is 0.429. The van der Waals surface area contributed by atoms with Crippen LogP contribution in [0.4, 0.5) is 19.3 Å². The molecule has 0 unspecified atom stereocenters. The lowest BCUT2D eigenvalue weighted by Crippen LogP contribution is -2.40. The highest BCUT2D eigenvalue weighted by molar-refractivity contribution is 5.93. The van der Waals surface area contributed by atoms with Crippen LogP contribution in [0.25, 0.3) is 0 Å². The number of alkyl halides is 2. The van der Waals surface area contributed by atoms with E-state index in [2.05, 4.69) is 4.74 Å².